The van der Waals surface area contributed by atoms with E-state index in [2.05, 4.69) is 36.5 Å². The first-order valence-electron chi connectivity index (χ1n) is 12.7. The first kappa shape index (κ1) is 24.9. The molecule has 0 saturated carbocycles. The van der Waals surface area contributed by atoms with Crippen molar-refractivity contribution in [1.82, 2.24) is 9.80 Å². The zero-order valence-corrected chi connectivity index (χ0v) is 21.0. The van der Waals surface area contributed by atoms with Crippen molar-refractivity contribution in [2.24, 2.45) is 0 Å². The van der Waals surface area contributed by atoms with Gasteiger partial charge in [-0.15, -0.1) is 0 Å². The van der Waals surface area contributed by atoms with Gasteiger partial charge in [-0.2, -0.15) is 0 Å². The topological polar surface area (TPSA) is 82.1 Å². The quantitative estimate of drug-likeness (QED) is 0.547. The Morgan fingerprint density at radius 2 is 1.51 bits per heavy atom. The number of amides is 3. The van der Waals surface area contributed by atoms with Crippen molar-refractivity contribution >= 4 is 17.8 Å². The minimum atomic E-state index is -0.872. The van der Waals surface area contributed by atoms with Crippen LogP contribution in [0.4, 0.5) is 15.3 Å². The molecule has 0 unspecified atom stereocenters. The van der Waals surface area contributed by atoms with E-state index in [9.17, 15) is 14.7 Å². The van der Waals surface area contributed by atoms with Crippen LogP contribution in [0.2, 0.25) is 0 Å². The molecule has 2 fully saturated rings. The maximum Gasteiger partial charge on any atom is 0.407 e. The Hall–Kier alpha value is -3.22. The molecule has 2 N–H and O–H groups in total. The third-order valence-corrected chi connectivity index (χ3v) is 7.19. The number of benzene rings is 2. The van der Waals surface area contributed by atoms with E-state index >= 15 is 0 Å². The number of urea groups is 1. The van der Waals surface area contributed by atoms with Crippen molar-refractivity contribution < 1.29 is 19.4 Å². The molecule has 2 aliphatic heterocycles. The average Bonchev–Trinajstić information content (AvgIpc) is 2.85. The van der Waals surface area contributed by atoms with Crippen LogP contribution in [0.25, 0.3) is 0 Å². The average molecular weight is 480 g/mol. The molecule has 2 heterocycles. The summed E-state index contributed by atoms with van der Waals surface area (Å²) in [5, 5.41) is 12.5. The largest absolute Gasteiger partial charge is 0.489 e. The second kappa shape index (κ2) is 11.0. The molecule has 0 aliphatic carbocycles. The van der Waals surface area contributed by atoms with Gasteiger partial charge in [0.15, 0.2) is 0 Å². The number of hydrogen-bond acceptors (Lipinski definition) is 3. The van der Waals surface area contributed by atoms with Crippen molar-refractivity contribution in [2.75, 3.05) is 31.5 Å². The molecule has 4 rings (SSSR count). The minimum Gasteiger partial charge on any atom is -0.489 e. The second-order valence-electron chi connectivity index (χ2n) is 10.0. The molecule has 35 heavy (non-hydrogen) atoms. The summed E-state index contributed by atoms with van der Waals surface area (Å²) in [5.74, 6) is 1.32. The molecule has 0 atom stereocenters. The highest BCUT2D eigenvalue weighted by molar-refractivity contribution is 5.92. The number of hydrogen-bond donors (Lipinski definition) is 2. The zero-order valence-electron chi connectivity index (χ0n) is 21.0. The van der Waals surface area contributed by atoms with Gasteiger partial charge in [0.05, 0.1) is 11.8 Å². The van der Waals surface area contributed by atoms with Crippen LogP contribution >= 0.6 is 0 Å². The number of piperidine rings is 2. The Labute approximate surface area is 208 Å². The fraction of sp³-hybridized carbons (Fsp3) is 0.500. The monoisotopic (exact) mass is 479 g/mol. The molecule has 7 nitrogen and oxygen atoms in total. The van der Waals surface area contributed by atoms with Crippen LogP contribution in [-0.4, -0.2) is 59.3 Å². The molecule has 2 aromatic rings. The molecule has 188 valence electrons. The molecule has 3 amide bonds. The Morgan fingerprint density at radius 1 is 0.914 bits per heavy atom. The van der Waals surface area contributed by atoms with Gasteiger partial charge in [-0.3, -0.25) is 0 Å². The van der Waals surface area contributed by atoms with Gasteiger partial charge >= 0.3 is 12.1 Å². The number of para-hydroxylation sites is 1. The molecule has 0 bridgehead atoms. The van der Waals surface area contributed by atoms with Gasteiger partial charge in [0, 0.05) is 26.2 Å². The highest BCUT2D eigenvalue weighted by atomic mass is 16.5. The highest BCUT2D eigenvalue weighted by Gasteiger charge is 2.29. The Bertz CT molecular complexity index is 1020. The van der Waals surface area contributed by atoms with Crippen LogP contribution in [0.3, 0.4) is 0 Å². The number of aryl methyl sites for hydroxylation is 1. The van der Waals surface area contributed by atoms with E-state index in [1.54, 1.807) is 0 Å². The van der Waals surface area contributed by atoms with Crippen molar-refractivity contribution in [1.29, 1.82) is 0 Å². The van der Waals surface area contributed by atoms with Crippen molar-refractivity contribution in [2.45, 2.75) is 64.4 Å². The molecule has 0 aromatic heterocycles. The van der Waals surface area contributed by atoms with Gasteiger partial charge in [0.1, 0.15) is 5.75 Å². The smallest absolute Gasteiger partial charge is 0.407 e. The zero-order chi connectivity index (χ0) is 24.9. The normalized spacial score (nSPS) is 17.5. The van der Waals surface area contributed by atoms with Gasteiger partial charge in [-0.25, -0.2) is 9.59 Å². The second-order valence-corrected chi connectivity index (χ2v) is 10.0. The summed E-state index contributed by atoms with van der Waals surface area (Å²) in [6.07, 6.45) is 2.44. The van der Waals surface area contributed by atoms with Gasteiger partial charge in [0.25, 0.3) is 0 Å². The number of carbonyl (C=O) groups excluding carboxylic acids is 1. The van der Waals surface area contributed by atoms with Crippen LogP contribution in [0.5, 0.6) is 5.75 Å². The molecule has 2 saturated heterocycles. The maximum atomic E-state index is 13.3. The Kier molecular flexibility index (Phi) is 7.83. The van der Waals surface area contributed by atoms with Crippen molar-refractivity contribution in [3.8, 4) is 5.75 Å². The van der Waals surface area contributed by atoms with Gasteiger partial charge in [-0.1, -0.05) is 42.0 Å². The molecule has 2 aromatic carbocycles. The van der Waals surface area contributed by atoms with E-state index in [4.69, 9.17) is 4.74 Å². The Balaban J connectivity index is 1.46. The fourth-order valence-corrected chi connectivity index (χ4v) is 5.20. The van der Waals surface area contributed by atoms with E-state index in [1.807, 2.05) is 36.9 Å². The fourth-order valence-electron chi connectivity index (χ4n) is 5.20. The number of carboxylic acid groups (broad SMARTS) is 1. The lowest BCUT2D eigenvalue weighted by molar-refractivity contribution is 0.132. The van der Waals surface area contributed by atoms with E-state index in [0.717, 1.165) is 36.9 Å². The SMILES string of the molecule is Cc1ccc(C2CCN(C(=O)Nc3c(OC(C)C)cccc3C3CCN(C(=O)O)CC3)CC2)cc1. The Morgan fingerprint density at radius 3 is 2.11 bits per heavy atom. The molecular formula is C28H37N3O4. The highest BCUT2D eigenvalue weighted by Crippen LogP contribution is 2.39. The van der Waals surface area contributed by atoms with Gasteiger partial charge < -0.3 is 25.0 Å². The van der Waals surface area contributed by atoms with Gasteiger partial charge in [-0.05, 0) is 75.5 Å². The van der Waals surface area contributed by atoms with Crippen LogP contribution in [0.1, 0.15) is 68.1 Å². The van der Waals surface area contributed by atoms with Crippen LogP contribution in [0, 0.1) is 6.92 Å². The maximum absolute atomic E-state index is 13.3. The molecule has 0 radical (unpaired) electrons. The molecule has 7 heteroatoms. The summed E-state index contributed by atoms with van der Waals surface area (Å²) in [6, 6.07) is 14.5. The predicted octanol–water partition coefficient (Wildman–Crippen LogP) is 6.05. The summed E-state index contributed by atoms with van der Waals surface area (Å²) < 4.78 is 6.07. The summed E-state index contributed by atoms with van der Waals surface area (Å²) in [5.41, 5.74) is 4.36. The number of nitrogens with zero attached hydrogens (tertiary/aromatic N) is 2. The van der Waals surface area contributed by atoms with Crippen molar-refractivity contribution in [3.05, 3.63) is 59.2 Å². The van der Waals surface area contributed by atoms with E-state index in [1.165, 1.54) is 16.0 Å². The first-order chi connectivity index (χ1) is 16.8. The lowest BCUT2D eigenvalue weighted by atomic mass is 9.88. The predicted molar refractivity (Wildman–Crippen MR) is 138 cm³/mol. The van der Waals surface area contributed by atoms with Crippen molar-refractivity contribution in [3.63, 3.8) is 0 Å². The summed E-state index contributed by atoms with van der Waals surface area (Å²) >= 11 is 0. The van der Waals surface area contributed by atoms with Crippen LogP contribution in [-0.2, 0) is 0 Å². The minimum absolute atomic E-state index is 0.0278. The van der Waals surface area contributed by atoms with E-state index in [0.29, 0.717) is 37.8 Å². The summed E-state index contributed by atoms with van der Waals surface area (Å²) in [6.45, 7) is 8.46. The number of rotatable bonds is 5. The number of likely N-dealkylation sites (tertiary alicyclic amines) is 2. The molecular weight excluding hydrogens is 442 g/mol. The molecule has 2 aliphatic rings. The number of nitrogens with one attached hydrogen (secondary N) is 1. The third-order valence-electron chi connectivity index (χ3n) is 7.19. The third kappa shape index (κ3) is 6.08. The lowest BCUT2D eigenvalue weighted by Gasteiger charge is -2.34. The number of ether oxygens (including phenoxy) is 1. The lowest BCUT2D eigenvalue weighted by Crippen LogP contribution is -2.41. The van der Waals surface area contributed by atoms with Crippen LogP contribution < -0.4 is 10.1 Å². The van der Waals surface area contributed by atoms with E-state index < -0.39 is 6.09 Å². The van der Waals surface area contributed by atoms with E-state index in [-0.39, 0.29) is 18.1 Å². The number of anilines is 1. The standard InChI is InChI=1S/C28H37N3O4/c1-19(2)35-25-6-4-5-24(23-13-17-31(18-14-23)28(33)34)26(25)29-27(32)30-15-11-22(12-16-30)21-9-7-20(3)8-10-21/h4-10,19,22-23H,11-18H2,1-3H3,(H,29,32)(H,33,34). The first-order valence-corrected chi connectivity index (χ1v) is 12.7. The van der Waals surface area contributed by atoms with Gasteiger partial charge in [0.2, 0.25) is 0 Å². The summed E-state index contributed by atoms with van der Waals surface area (Å²) in [4.78, 5) is 28.0. The van der Waals surface area contributed by atoms with Crippen LogP contribution in [0.15, 0.2) is 42.5 Å². The summed E-state index contributed by atoms with van der Waals surface area (Å²) in [7, 11) is 0. The molecule has 0 spiro atoms. The number of carbonyl (C=O) groups is 2.